The Morgan fingerprint density at radius 1 is 1.17 bits per heavy atom. The lowest BCUT2D eigenvalue weighted by Crippen LogP contribution is -2.34. The first-order chi connectivity index (χ1) is 11.5. The van der Waals surface area contributed by atoms with Crippen LogP contribution in [0.3, 0.4) is 0 Å². The fraction of sp³-hybridized carbons (Fsp3) is 0.316. The quantitative estimate of drug-likeness (QED) is 0.731. The van der Waals surface area contributed by atoms with Crippen LogP contribution in [-0.2, 0) is 4.79 Å². The molecule has 0 saturated carbocycles. The van der Waals surface area contributed by atoms with E-state index in [0.29, 0.717) is 6.54 Å². The van der Waals surface area contributed by atoms with Crippen LogP contribution in [0, 0.1) is 11.6 Å². The van der Waals surface area contributed by atoms with Gasteiger partial charge in [-0.3, -0.25) is 4.79 Å². The summed E-state index contributed by atoms with van der Waals surface area (Å²) in [7, 11) is 0. The predicted octanol–water partition coefficient (Wildman–Crippen LogP) is 4.76. The van der Waals surface area contributed by atoms with E-state index in [1.807, 2.05) is 30.3 Å². The third-order valence-corrected chi connectivity index (χ3v) is 4.99. The van der Waals surface area contributed by atoms with Gasteiger partial charge in [0.05, 0.1) is 5.25 Å². The molecule has 0 heterocycles. The highest BCUT2D eigenvalue weighted by molar-refractivity contribution is 8.00. The van der Waals surface area contributed by atoms with Crippen LogP contribution in [0.25, 0.3) is 0 Å². The summed E-state index contributed by atoms with van der Waals surface area (Å²) < 4.78 is 26.9. The molecule has 2 aromatic rings. The topological polar surface area (TPSA) is 29.1 Å². The van der Waals surface area contributed by atoms with Crippen molar-refractivity contribution < 1.29 is 13.6 Å². The highest BCUT2D eigenvalue weighted by atomic mass is 32.2. The van der Waals surface area contributed by atoms with Gasteiger partial charge in [0.15, 0.2) is 0 Å². The zero-order valence-electron chi connectivity index (χ0n) is 13.8. The van der Waals surface area contributed by atoms with Gasteiger partial charge in [0.2, 0.25) is 5.91 Å². The van der Waals surface area contributed by atoms with E-state index >= 15 is 0 Å². The minimum atomic E-state index is -0.517. The van der Waals surface area contributed by atoms with E-state index < -0.39 is 16.9 Å². The molecule has 0 aliphatic heterocycles. The Morgan fingerprint density at radius 2 is 1.88 bits per heavy atom. The Morgan fingerprint density at radius 3 is 2.54 bits per heavy atom. The van der Waals surface area contributed by atoms with Crippen LogP contribution in [0.2, 0.25) is 0 Å². The Balaban J connectivity index is 1.92. The second-order valence-electron chi connectivity index (χ2n) is 5.60. The maximum atomic E-state index is 13.7. The second kappa shape index (κ2) is 8.83. The monoisotopic (exact) mass is 349 g/mol. The third kappa shape index (κ3) is 5.06. The molecular formula is C19H21F2NOS. The summed E-state index contributed by atoms with van der Waals surface area (Å²) in [6.45, 7) is 4.29. The number of thioether (sulfide) groups is 1. The highest BCUT2D eigenvalue weighted by Crippen LogP contribution is 2.27. The normalized spacial score (nSPS) is 13.3. The lowest BCUT2D eigenvalue weighted by Gasteiger charge is -2.18. The molecule has 0 fully saturated rings. The first-order valence-corrected chi connectivity index (χ1v) is 8.83. The SMILES string of the molecule is CC[C@@H](CNC(=O)[C@H](C)Sc1cc(F)ccc1F)c1ccccc1. The molecule has 24 heavy (non-hydrogen) atoms. The molecule has 5 heteroatoms. The number of carbonyl (C=O) groups is 1. The minimum Gasteiger partial charge on any atom is -0.355 e. The highest BCUT2D eigenvalue weighted by Gasteiger charge is 2.18. The Hall–Kier alpha value is -1.88. The first-order valence-electron chi connectivity index (χ1n) is 7.95. The van der Waals surface area contributed by atoms with Crippen LogP contribution in [0.4, 0.5) is 8.78 Å². The van der Waals surface area contributed by atoms with Crippen molar-refractivity contribution >= 4 is 17.7 Å². The van der Waals surface area contributed by atoms with E-state index in [1.54, 1.807) is 6.92 Å². The van der Waals surface area contributed by atoms with E-state index in [9.17, 15) is 13.6 Å². The van der Waals surface area contributed by atoms with Gasteiger partial charge in [-0.2, -0.15) is 0 Å². The van der Waals surface area contributed by atoms with Crippen molar-refractivity contribution in [2.45, 2.75) is 36.3 Å². The van der Waals surface area contributed by atoms with E-state index in [0.717, 1.165) is 36.4 Å². The van der Waals surface area contributed by atoms with Crippen LogP contribution in [0.5, 0.6) is 0 Å². The van der Waals surface area contributed by atoms with Gasteiger partial charge in [-0.1, -0.05) is 37.3 Å². The fourth-order valence-electron chi connectivity index (χ4n) is 2.40. The van der Waals surface area contributed by atoms with Crippen molar-refractivity contribution in [3.8, 4) is 0 Å². The molecule has 128 valence electrons. The minimum absolute atomic E-state index is 0.146. The second-order valence-corrected chi connectivity index (χ2v) is 6.98. The lowest BCUT2D eigenvalue weighted by atomic mass is 9.96. The molecule has 0 aliphatic rings. The molecule has 0 spiro atoms. The number of amides is 1. The maximum Gasteiger partial charge on any atom is 0.233 e. The van der Waals surface area contributed by atoms with Crippen molar-refractivity contribution in [3.63, 3.8) is 0 Å². The van der Waals surface area contributed by atoms with E-state index in [4.69, 9.17) is 0 Å². The molecule has 0 radical (unpaired) electrons. The number of hydrogen-bond acceptors (Lipinski definition) is 2. The zero-order valence-corrected chi connectivity index (χ0v) is 14.6. The van der Waals surface area contributed by atoms with Crippen LogP contribution in [0.15, 0.2) is 53.4 Å². The molecule has 2 atom stereocenters. The van der Waals surface area contributed by atoms with Gasteiger partial charge in [0.25, 0.3) is 0 Å². The Kier molecular flexibility index (Phi) is 6.79. The average molecular weight is 349 g/mol. The number of rotatable bonds is 7. The standard InChI is InChI=1S/C19H21F2NOS/c1-3-14(15-7-5-4-6-8-15)12-22-19(23)13(2)24-18-11-16(20)9-10-17(18)21/h4-11,13-14H,3,12H2,1-2H3,(H,22,23)/t13-,14-/m0/s1. The fourth-order valence-corrected chi connectivity index (χ4v) is 3.33. The third-order valence-electron chi connectivity index (χ3n) is 3.85. The summed E-state index contributed by atoms with van der Waals surface area (Å²) in [6.07, 6.45) is 0.907. The van der Waals surface area contributed by atoms with Crippen LogP contribution >= 0.6 is 11.8 Å². The van der Waals surface area contributed by atoms with Crippen LogP contribution in [0.1, 0.15) is 31.7 Å². The van der Waals surface area contributed by atoms with Gasteiger partial charge >= 0.3 is 0 Å². The van der Waals surface area contributed by atoms with E-state index in [-0.39, 0.29) is 16.7 Å². The summed E-state index contributed by atoms with van der Waals surface area (Å²) in [5, 5.41) is 2.41. The van der Waals surface area contributed by atoms with Crippen molar-refractivity contribution in [2.24, 2.45) is 0 Å². The smallest absolute Gasteiger partial charge is 0.233 e. The van der Waals surface area contributed by atoms with E-state index in [1.165, 1.54) is 5.56 Å². The van der Waals surface area contributed by atoms with Crippen LogP contribution < -0.4 is 5.32 Å². The summed E-state index contributed by atoms with van der Waals surface area (Å²) in [5.74, 6) is -0.977. The number of halogens is 2. The van der Waals surface area contributed by atoms with Crippen molar-refractivity contribution in [3.05, 3.63) is 65.7 Å². The molecule has 0 unspecified atom stereocenters. The van der Waals surface area contributed by atoms with Gasteiger partial charge in [-0.05, 0) is 37.1 Å². The number of hydrogen-bond donors (Lipinski definition) is 1. The van der Waals surface area contributed by atoms with Crippen LogP contribution in [-0.4, -0.2) is 17.7 Å². The van der Waals surface area contributed by atoms with Gasteiger partial charge in [0, 0.05) is 17.4 Å². The lowest BCUT2D eigenvalue weighted by molar-refractivity contribution is -0.120. The maximum absolute atomic E-state index is 13.7. The van der Waals surface area contributed by atoms with Gasteiger partial charge < -0.3 is 5.32 Å². The summed E-state index contributed by atoms with van der Waals surface area (Å²) in [5.41, 5.74) is 1.18. The van der Waals surface area contributed by atoms with E-state index in [2.05, 4.69) is 12.2 Å². The summed E-state index contributed by atoms with van der Waals surface area (Å²) in [4.78, 5) is 12.4. The molecule has 1 N–H and O–H groups in total. The predicted molar refractivity (Wildman–Crippen MR) is 94.2 cm³/mol. The first kappa shape index (κ1) is 18.5. The molecular weight excluding hydrogens is 328 g/mol. The van der Waals surface area contributed by atoms with Crippen molar-refractivity contribution in [2.75, 3.05) is 6.54 Å². The molecule has 2 nitrogen and oxygen atoms in total. The molecule has 0 aliphatic carbocycles. The largest absolute Gasteiger partial charge is 0.355 e. The summed E-state index contributed by atoms with van der Waals surface area (Å²) >= 11 is 1.02. The molecule has 2 aromatic carbocycles. The molecule has 2 rings (SSSR count). The zero-order chi connectivity index (χ0) is 17.5. The average Bonchev–Trinajstić information content (AvgIpc) is 2.59. The number of nitrogens with one attached hydrogen (secondary N) is 1. The molecule has 0 bridgehead atoms. The van der Waals surface area contributed by atoms with Gasteiger partial charge in [-0.15, -0.1) is 11.8 Å². The Bertz CT molecular complexity index is 678. The molecule has 1 amide bonds. The Labute approximate surface area is 145 Å². The summed E-state index contributed by atoms with van der Waals surface area (Å²) in [6, 6.07) is 13.3. The van der Waals surface area contributed by atoms with Crippen molar-refractivity contribution in [1.29, 1.82) is 0 Å². The molecule has 0 saturated heterocycles. The number of carbonyl (C=O) groups excluding carboxylic acids is 1. The van der Waals surface area contributed by atoms with Crippen molar-refractivity contribution in [1.82, 2.24) is 5.32 Å². The van der Waals surface area contributed by atoms with Gasteiger partial charge in [-0.25, -0.2) is 8.78 Å². The molecule has 0 aromatic heterocycles. The van der Waals surface area contributed by atoms with Gasteiger partial charge in [0.1, 0.15) is 11.6 Å². The number of benzene rings is 2.